The second kappa shape index (κ2) is 8.04. The number of carboxylic acid groups (broad SMARTS) is 1. The van der Waals surface area contributed by atoms with Crippen LogP contribution < -0.4 is 5.32 Å². The standard InChI is InChI=1S/C14H23N5O4/c1-17-7-11(6-15-17)16-13(21)10-19-5-4-18(3-2-14(22)23)8-12(20)9-19/h6-7,12,20H,2-5,8-10H2,1H3,(H,16,21)(H,22,23)/t12-/m1/s1. The summed E-state index contributed by atoms with van der Waals surface area (Å²) in [6.45, 7) is 2.64. The molecule has 9 heteroatoms. The Hall–Kier alpha value is -1.97. The summed E-state index contributed by atoms with van der Waals surface area (Å²) >= 11 is 0. The van der Waals surface area contributed by atoms with E-state index in [1.807, 2.05) is 9.80 Å². The topological polar surface area (TPSA) is 111 Å². The minimum absolute atomic E-state index is 0.0498. The number of aryl methyl sites for hydroxylation is 1. The van der Waals surface area contributed by atoms with E-state index in [0.717, 1.165) is 0 Å². The van der Waals surface area contributed by atoms with Crippen molar-refractivity contribution in [1.29, 1.82) is 0 Å². The van der Waals surface area contributed by atoms with Gasteiger partial charge < -0.3 is 15.5 Å². The van der Waals surface area contributed by atoms with Crippen LogP contribution in [0.5, 0.6) is 0 Å². The normalized spacial score (nSPS) is 20.2. The summed E-state index contributed by atoms with van der Waals surface area (Å²) < 4.78 is 1.60. The molecule has 2 heterocycles. The first kappa shape index (κ1) is 17.4. The lowest BCUT2D eigenvalue weighted by Crippen LogP contribution is -2.38. The molecule has 0 spiro atoms. The van der Waals surface area contributed by atoms with Gasteiger partial charge in [0, 0.05) is 46.0 Å². The maximum absolute atomic E-state index is 12.0. The number of carbonyl (C=O) groups is 2. The lowest BCUT2D eigenvalue weighted by Gasteiger charge is -2.20. The number of nitrogens with one attached hydrogen (secondary N) is 1. The van der Waals surface area contributed by atoms with Gasteiger partial charge in [-0.1, -0.05) is 0 Å². The second-order valence-corrected chi connectivity index (χ2v) is 5.78. The van der Waals surface area contributed by atoms with Gasteiger partial charge in [0.1, 0.15) is 0 Å². The van der Waals surface area contributed by atoms with Crippen LogP contribution in [0.2, 0.25) is 0 Å². The average Bonchev–Trinajstić information content (AvgIpc) is 2.76. The summed E-state index contributed by atoms with van der Waals surface area (Å²) in [7, 11) is 1.77. The summed E-state index contributed by atoms with van der Waals surface area (Å²) in [5.41, 5.74) is 0.635. The van der Waals surface area contributed by atoms with Crippen LogP contribution in [0.3, 0.4) is 0 Å². The maximum atomic E-state index is 12.0. The Kier molecular flexibility index (Phi) is 6.08. The lowest BCUT2D eigenvalue weighted by molar-refractivity contribution is -0.137. The van der Waals surface area contributed by atoms with Crippen molar-refractivity contribution in [3.05, 3.63) is 12.4 Å². The number of β-amino-alcohol motifs (C(OH)–C–C–N with tert-alkyl or cyclic N) is 1. The first-order valence-electron chi connectivity index (χ1n) is 7.55. The van der Waals surface area contributed by atoms with Crippen molar-refractivity contribution >= 4 is 17.6 Å². The molecule has 1 saturated heterocycles. The molecule has 0 saturated carbocycles. The zero-order valence-electron chi connectivity index (χ0n) is 13.2. The third kappa shape index (κ3) is 5.97. The second-order valence-electron chi connectivity index (χ2n) is 5.78. The molecule has 2 rings (SSSR count). The molecule has 0 unspecified atom stereocenters. The molecule has 9 nitrogen and oxygen atoms in total. The number of nitrogens with zero attached hydrogens (tertiary/aromatic N) is 4. The highest BCUT2D eigenvalue weighted by atomic mass is 16.4. The van der Waals surface area contributed by atoms with Crippen molar-refractivity contribution < 1.29 is 19.8 Å². The molecule has 1 aliphatic heterocycles. The Balaban J connectivity index is 1.81. The van der Waals surface area contributed by atoms with Gasteiger partial charge in [-0.25, -0.2) is 0 Å². The number of anilines is 1. The highest BCUT2D eigenvalue weighted by Gasteiger charge is 2.23. The number of amides is 1. The van der Waals surface area contributed by atoms with Gasteiger partial charge in [-0.15, -0.1) is 0 Å². The number of aliphatic hydroxyl groups excluding tert-OH is 1. The van der Waals surface area contributed by atoms with Gasteiger partial charge in [0.25, 0.3) is 0 Å². The van der Waals surface area contributed by atoms with Crippen molar-refractivity contribution in [2.24, 2.45) is 7.05 Å². The van der Waals surface area contributed by atoms with Crippen LogP contribution in [0.4, 0.5) is 5.69 Å². The van der Waals surface area contributed by atoms with E-state index in [-0.39, 0.29) is 18.9 Å². The van der Waals surface area contributed by atoms with Crippen LogP contribution >= 0.6 is 0 Å². The van der Waals surface area contributed by atoms with Crippen LogP contribution in [0, 0.1) is 0 Å². The van der Waals surface area contributed by atoms with Crippen molar-refractivity contribution in [3.63, 3.8) is 0 Å². The Labute approximate surface area is 134 Å². The van der Waals surface area contributed by atoms with Crippen molar-refractivity contribution in [2.75, 3.05) is 44.6 Å². The molecule has 1 amide bonds. The molecular weight excluding hydrogens is 302 g/mol. The Morgan fingerprint density at radius 3 is 2.70 bits per heavy atom. The number of aromatic nitrogens is 2. The fourth-order valence-corrected chi connectivity index (χ4v) is 2.61. The molecule has 1 atom stereocenters. The van der Waals surface area contributed by atoms with Gasteiger partial charge in [-0.05, 0) is 0 Å². The fourth-order valence-electron chi connectivity index (χ4n) is 2.61. The number of rotatable bonds is 6. The van der Waals surface area contributed by atoms with Crippen molar-refractivity contribution in [1.82, 2.24) is 19.6 Å². The quantitative estimate of drug-likeness (QED) is 0.603. The zero-order chi connectivity index (χ0) is 16.8. The van der Waals surface area contributed by atoms with Gasteiger partial charge in [0.15, 0.2) is 0 Å². The van der Waals surface area contributed by atoms with E-state index >= 15 is 0 Å². The molecule has 0 bridgehead atoms. The van der Waals surface area contributed by atoms with Crippen molar-refractivity contribution in [2.45, 2.75) is 12.5 Å². The van der Waals surface area contributed by atoms with E-state index in [4.69, 9.17) is 5.11 Å². The number of carboxylic acids is 1. The molecule has 3 N–H and O–H groups in total. The predicted molar refractivity (Wildman–Crippen MR) is 83.0 cm³/mol. The SMILES string of the molecule is Cn1cc(NC(=O)CN2CCN(CCC(=O)O)C[C@@H](O)C2)cn1. The number of carbonyl (C=O) groups excluding carboxylic acids is 1. The van der Waals surface area contributed by atoms with Gasteiger partial charge in [-0.3, -0.25) is 24.1 Å². The highest BCUT2D eigenvalue weighted by molar-refractivity contribution is 5.91. The predicted octanol–water partition coefficient (Wildman–Crippen LogP) is -1.19. The van der Waals surface area contributed by atoms with Crippen LogP contribution in [-0.4, -0.2) is 87.0 Å². The number of aliphatic carboxylic acids is 1. The van der Waals surface area contributed by atoms with Crippen LogP contribution in [0.15, 0.2) is 12.4 Å². The molecular formula is C14H23N5O4. The largest absolute Gasteiger partial charge is 0.481 e. The molecule has 0 radical (unpaired) electrons. The summed E-state index contributed by atoms with van der Waals surface area (Å²) in [6, 6.07) is 0. The average molecular weight is 325 g/mol. The minimum atomic E-state index is -0.851. The van der Waals surface area contributed by atoms with E-state index in [2.05, 4.69) is 10.4 Å². The van der Waals surface area contributed by atoms with E-state index < -0.39 is 12.1 Å². The Bertz CT molecular complexity index is 547. The summed E-state index contributed by atoms with van der Waals surface area (Å²) in [6.07, 6.45) is 2.73. The first-order valence-corrected chi connectivity index (χ1v) is 7.55. The summed E-state index contributed by atoms with van der Waals surface area (Å²) in [5, 5.41) is 25.5. The van der Waals surface area contributed by atoms with E-state index in [0.29, 0.717) is 38.4 Å². The minimum Gasteiger partial charge on any atom is -0.481 e. The third-order valence-corrected chi connectivity index (χ3v) is 3.67. The lowest BCUT2D eigenvalue weighted by atomic mass is 10.3. The smallest absolute Gasteiger partial charge is 0.304 e. The number of hydrogen-bond donors (Lipinski definition) is 3. The molecule has 1 aromatic rings. The van der Waals surface area contributed by atoms with Crippen molar-refractivity contribution in [3.8, 4) is 0 Å². The zero-order valence-corrected chi connectivity index (χ0v) is 13.2. The van der Waals surface area contributed by atoms with Gasteiger partial charge in [0.05, 0.1) is 31.0 Å². The van der Waals surface area contributed by atoms with Gasteiger partial charge in [-0.2, -0.15) is 5.10 Å². The molecule has 1 aliphatic rings. The first-order chi connectivity index (χ1) is 10.9. The molecule has 0 aliphatic carbocycles. The van der Waals surface area contributed by atoms with Crippen LogP contribution in [0.25, 0.3) is 0 Å². The van der Waals surface area contributed by atoms with Gasteiger partial charge in [0.2, 0.25) is 5.91 Å². The number of hydrogen-bond acceptors (Lipinski definition) is 6. The molecule has 1 aromatic heterocycles. The molecule has 0 aromatic carbocycles. The highest BCUT2D eigenvalue weighted by Crippen LogP contribution is 2.07. The Morgan fingerprint density at radius 2 is 2.04 bits per heavy atom. The van der Waals surface area contributed by atoms with Gasteiger partial charge >= 0.3 is 5.97 Å². The van der Waals surface area contributed by atoms with Crippen LogP contribution in [-0.2, 0) is 16.6 Å². The van der Waals surface area contributed by atoms with E-state index in [9.17, 15) is 14.7 Å². The molecule has 23 heavy (non-hydrogen) atoms. The molecule has 1 fully saturated rings. The maximum Gasteiger partial charge on any atom is 0.304 e. The Morgan fingerprint density at radius 1 is 1.35 bits per heavy atom. The monoisotopic (exact) mass is 325 g/mol. The van der Waals surface area contributed by atoms with E-state index in [1.165, 1.54) is 0 Å². The summed E-state index contributed by atoms with van der Waals surface area (Å²) in [4.78, 5) is 26.5. The number of aliphatic hydroxyl groups is 1. The summed E-state index contributed by atoms with van der Waals surface area (Å²) in [5.74, 6) is -1.01. The van der Waals surface area contributed by atoms with Crippen LogP contribution in [0.1, 0.15) is 6.42 Å². The fraction of sp³-hybridized carbons (Fsp3) is 0.643. The van der Waals surface area contributed by atoms with E-state index in [1.54, 1.807) is 24.1 Å². The third-order valence-electron chi connectivity index (χ3n) is 3.67. The molecule has 128 valence electrons.